The van der Waals surface area contributed by atoms with Gasteiger partial charge in [0.1, 0.15) is 52.0 Å². The van der Waals surface area contributed by atoms with E-state index in [9.17, 15) is 24.3 Å². The van der Waals surface area contributed by atoms with E-state index >= 15 is 0 Å². The quantitative estimate of drug-likeness (QED) is 0.221. The highest BCUT2D eigenvalue weighted by Crippen LogP contribution is 2.52. The number of benzene rings is 1. The van der Waals surface area contributed by atoms with Gasteiger partial charge in [-0.1, -0.05) is 38.4 Å². The number of nitrogens with zero attached hydrogens (tertiary/aromatic N) is 4. The highest BCUT2D eigenvalue weighted by Gasteiger charge is 2.61. The third-order valence-electron chi connectivity index (χ3n) is 11.1. The molecule has 3 heterocycles. The first-order valence-electron chi connectivity index (χ1n) is 18.2. The zero-order valence-electron chi connectivity index (χ0n) is 30.9. The van der Waals surface area contributed by atoms with Crippen LogP contribution in [-0.4, -0.2) is 92.3 Å². The molecule has 2 aromatic heterocycles. The summed E-state index contributed by atoms with van der Waals surface area (Å²) in [6.07, 6.45) is 6.05. The van der Waals surface area contributed by atoms with Crippen molar-refractivity contribution in [2.24, 2.45) is 23.2 Å². The Kier molecular flexibility index (Phi) is 9.69. The van der Waals surface area contributed by atoms with E-state index in [4.69, 9.17) is 30.8 Å². The molecule has 3 saturated carbocycles. The number of fused-ring (bicyclic) bond motifs is 2. The van der Waals surface area contributed by atoms with E-state index in [0.29, 0.717) is 51.3 Å². The Bertz CT molecular complexity index is 2030. The summed E-state index contributed by atoms with van der Waals surface area (Å²) in [6.45, 7) is 10.9. The van der Waals surface area contributed by atoms with Crippen molar-refractivity contribution >= 4 is 46.4 Å². The average molecular weight is 761 g/mol. The van der Waals surface area contributed by atoms with Gasteiger partial charge >= 0.3 is 12.1 Å². The highest BCUT2D eigenvalue weighted by molar-refractivity contribution is 6.36. The fourth-order valence-corrected chi connectivity index (χ4v) is 8.21. The maximum absolute atomic E-state index is 14.6. The van der Waals surface area contributed by atoms with Gasteiger partial charge in [-0.25, -0.2) is 19.6 Å². The predicted molar refractivity (Wildman–Crippen MR) is 198 cm³/mol. The second-order valence-electron chi connectivity index (χ2n) is 16.0. The normalized spacial score (nSPS) is 27.4. The van der Waals surface area contributed by atoms with E-state index in [1.54, 1.807) is 30.6 Å². The zero-order valence-corrected chi connectivity index (χ0v) is 31.7. The summed E-state index contributed by atoms with van der Waals surface area (Å²) in [5, 5.41) is 16.4. The second-order valence-corrected chi connectivity index (χ2v) is 16.4. The number of hydrogen-bond acceptors (Lipinski definition) is 10. The number of amides is 3. The summed E-state index contributed by atoms with van der Waals surface area (Å²) in [7, 11) is 1.50. The third kappa shape index (κ3) is 7.15. The molecule has 4 fully saturated rings. The fourth-order valence-electron chi connectivity index (χ4n) is 7.93. The van der Waals surface area contributed by atoms with Crippen LogP contribution in [0.1, 0.15) is 58.6 Å². The van der Waals surface area contributed by atoms with Gasteiger partial charge < -0.3 is 34.9 Å². The van der Waals surface area contributed by atoms with E-state index in [-0.39, 0.29) is 30.5 Å². The van der Waals surface area contributed by atoms with Crippen LogP contribution in [-0.2, 0) is 19.1 Å². The lowest BCUT2D eigenvalue weighted by Gasteiger charge is -2.35. The van der Waals surface area contributed by atoms with Crippen molar-refractivity contribution in [3.8, 4) is 22.9 Å². The number of carbonyl (C=O) groups is 4. The summed E-state index contributed by atoms with van der Waals surface area (Å²) in [6, 6.07) is 2.94. The molecular formula is C39H45ClN6O8. The van der Waals surface area contributed by atoms with Crippen LogP contribution >= 0.6 is 11.6 Å². The number of methoxy groups -OCH3 is 1. The highest BCUT2D eigenvalue weighted by atomic mass is 35.5. The number of hydrogen-bond donors (Lipinski definition) is 3. The summed E-state index contributed by atoms with van der Waals surface area (Å²) in [5.74, 6) is -0.867. The van der Waals surface area contributed by atoms with Gasteiger partial charge in [-0.2, -0.15) is 0 Å². The number of rotatable bonds is 11. The van der Waals surface area contributed by atoms with Crippen LogP contribution in [0.15, 0.2) is 43.2 Å². The number of carboxylic acid groups (broad SMARTS) is 1. The SMILES string of the molecule is C=C[C@@H]1C[C@]1(NC(=O)[C@@H]1C[C@@H](Oc2cc(-c3cncc(C)n3)nc3c(Cl)c(OC)ccc23)CN1C(=O)[C@@H](NC(=O)OC1C[C@@H]2C[C@@H]2C1)C(C)(C)C)C(=O)O. The number of aromatic nitrogens is 3. The smallest absolute Gasteiger partial charge is 0.408 e. The van der Waals surface area contributed by atoms with Gasteiger partial charge in [-0.05, 0) is 62.0 Å². The lowest BCUT2D eigenvalue weighted by molar-refractivity contribution is -0.146. The topological polar surface area (TPSA) is 182 Å². The van der Waals surface area contributed by atoms with Crippen LogP contribution in [0.3, 0.4) is 0 Å². The number of aliphatic carboxylic acids is 1. The molecular weight excluding hydrogens is 716 g/mol. The molecule has 0 spiro atoms. The van der Waals surface area contributed by atoms with E-state index in [1.165, 1.54) is 24.5 Å². The van der Waals surface area contributed by atoms with Crippen LogP contribution in [0, 0.1) is 30.1 Å². The maximum Gasteiger partial charge on any atom is 0.408 e. The number of ether oxygens (including phenoxy) is 3. The lowest BCUT2D eigenvalue weighted by atomic mass is 9.85. The van der Waals surface area contributed by atoms with Gasteiger partial charge in [0, 0.05) is 30.0 Å². The Morgan fingerprint density at radius 3 is 2.43 bits per heavy atom. The maximum atomic E-state index is 14.6. The van der Waals surface area contributed by atoms with Crippen molar-refractivity contribution in [2.45, 2.75) is 89.6 Å². The van der Waals surface area contributed by atoms with Crippen LogP contribution < -0.4 is 20.1 Å². The Balaban J connectivity index is 1.21. The number of halogens is 1. The number of nitrogens with one attached hydrogen (secondary N) is 2. The number of carbonyl (C=O) groups excluding carboxylic acids is 3. The first-order valence-corrected chi connectivity index (χ1v) is 18.6. The molecule has 1 aliphatic heterocycles. The number of carboxylic acids is 1. The van der Waals surface area contributed by atoms with Crippen molar-refractivity contribution in [1.82, 2.24) is 30.5 Å². The first-order chi connectivity index (χ1) is 25.6. The molecule has 3 aromatic rings. The molecule has 8 atom stereocenters. The summed E-state index contributed by atoms with van der Waals surface area (Å²) < 4.78 is 17.8. The minimum absolute atomic E-state index is 0.0193. The van der Waals surface area contributed by atoms with E-state index in [2.05, 4.69) is 27.2 Å². The first kappa shape index (κ1) is 37.3. The summed E-state index contributed by atoms with van der Waals surface area (Å²) in [5.41, 5.74) is -0.363. The molecule has 0 radical (unpaired) electrons. The van der Waals surface area contributed by atoms with Crippen LogP contribution in [0.4, 0.5) is 4.79 Å². The second kappa shape index (κ2) is 14.0. The molecule has 15 heteroatoms. The monoisotopic (exact) mass is 760 g/mol. The molecule has 7 rings (SSSR count). The Morgan fingerprint density at radius 1 is 1.06 bits per heavy atom. The van der Waals surface area contributed by atoms with Gasteiger partial charge in [0.05, 0.1) is 36.8 Å². The van der Waals surface area contributed by atoms with Gasteiger partial charge in [0.2, 0.25) is 11.8 Å². The van der Waals surface area contributed by atoms with Crippen molar-refractivity contribution < 1.29 is 38.5 Å². The Labute approximate surface area is 318 Å². The van der Waals surface area contributed by atoms with Gasteiger partial charge in [0.25, 0.3) is 0 Å². The molecule has 4 aliphatic rings. The van der Waals surface area contributed by atoms with E-state index < -0.39 is 58.9 Å². The fraction of sp³-hybridized carbons (Fsp3) is 0.513. The zero-order chi connectivity index (χ0) is 38.7. The summed E-state index contributed by atoms with van der Waals surface area (Å²) in [4.78, 5) is 69.3. The molecule has 286 valence electrons. The molecule has 1 aromatic carbocycles. The average Bonchev–Trinajstić information content (AvgIpc) is 3.93. The minimum atomic E-state index is -1.53. The molecule has 1 unspecified atom stereocenters. The molecule has 3 amide bonds. The van der Waals surface area contributed by atoms with E-state index in [1.807, 2.05) is 27.7 Å². The Morgan fingerprint density at radius 2 is 1.80 bits per heavy atom. The predicted octanol–water partition coefficient (Wildman–Crippen LogP) is 5.10. The van der Waals surface area contributed by atoms with Gasteiger partial charge in [0.15, 0.2) is 0 Å². The minimum Gasteiger partial charge on any atom is -0.495 e. The number of aryl methyl sites for hydroxylation is 1. The Hall–Kier alpha value is -4.98. The van der Waals surface area contributed by atoms with Crippen LogP contribution in [0.5, 0.6) is 11.5 Å². The molecule has 3 aliphatic carbocycles. The molecule has 1 saturated heterocycles. The van der Waals surface area contributed by atoms with Crippen molar-refractivity contribution in [1.29, 1.82) is 0 Å². The van der Waals surface area contributed by atoms with Crippen LogP contribution in [0.25, 0.3) is 22.3 Å². The number of likely N-dealkylation sites (tertiary alicyclic amines) is 1. The van der Waals surface area contributed by atoms with Gasteiger partial charge in [-0.15, -0.1) is 6.58 Å². The largest absolute Gasteiger partial charge is 0.495 e. The van der Waals surface area contributed by atoms with Gasteiger partial charge in [-0.3, -0.25) is 14.6 Å². The lowest BCUT2D eigenvalue weighted by Crippen LogP contribution is -2.59. The van der Waals surface area contributed by atoms with E-state index in [0.717, 1.165) is 12.8 Å². The third-order valence-corrected chi connectivity index (χ3v) is 11.5. The van der Waals surface area contributed by atoms with Crippen molar-refractivity contribution in [2.75, 3.05) is 13.7 Å². The molecule has 0 bridgehead atoms. The number of pyridine rings is 1. The van der Waals surface area contributed by atoms with Crippen molar-refractivity contribution in [3.05, 3.63) is 54.0 Å². The molecule has 3 N–H and O–H groups in total. The summed E-state index contributed by atoms with van der Waals surface area (Å²) >= 11 is 6.76. The number of alkyl carbamates (subject to hydrolysis) is 1. The standard InChI is InChI=1S/C39H45ClN6O8/c1-7-22-15-39(22,36(49)50)45-34(47)28-13-24(18-46(28)35(48)33(38(3,4)5)44-37(51)54-23-11-20-10-21(20)12-23)53-30-14-26(27-17-41-16-19(2)42-27)43-32-25(30)8-9-29(52-6)31(32)40/h7-9,14,16-17,20-24,28,33H,1,10-13,15,18H2,2-6H3,(H,44,51)(H,45,47)(H,49,50)/t20-,21+,22-,23?,24-,28+,33-,39-/m1/s1. The molecule has 14 nitrogen and oxygen atoms in total. The van der Waals surface area contributed by atoms with Crippen molar-refractivity contribution in [3.63, 3.8) is 0 Å². The molecule has 54 heavy (non-hydrogen) atoms. The van der Waals surface area contributed by atoms with Crippen LogP contribution in [0.2, 0.25) is 5.02 Å².